The van der Waals surface area contributed by atoms with E-state index in [9.17, 15) is 9.90 Å². The van der Waals surface area contributed by atoms with Crippen LogP contribution < -0.4 is 5.32 Å². The molecule has 170 valence electrons. The van der Waals surface area contributed by atoms with E-state index in [1.807, 2.05) is 12.1 Å². The summed E-state index contributed by atoms with van der Waals surface area (Å²) < 4.78 is 0. The number of aryl methyl sites for hydroxylation is 1. The largest absolute Gasteiger partial charge is 0.393 e. The molecule has 0 unspecified atom stereocenters. The Morgan fingerprint density at radius 3 is 2.68 bits per heavy atom. The second-order valence-electron chi connectivity index (χ2n) is 10.9. The lowest BCUT2D eigenvalue weighted by Crippen LogP contribution is -2.54. The van der Waals surface area contributed by atoms with Crippen LogP contribution in [0.5, 0.6) is 0 Å². The standard InChI is InChI=1S/C28H41NO2/c1-19(17-26(31)29-18-22-10-8-7-9-20(22)2)11-13-23-21(3)12-14-24-27(4,5)25(30)15-16-28(23,24)6/h7-10,17,23-25,30H,3,11-16,18H2,1-2,4-6H3,(H,29,31)/b19-17+/t23-,24-,25-,28+/m1/s1. The van der Waals surface area contributed by atoms with Crippen LogP contribution in [0.3, 0.4) is 0 Å². The molecule has 2 fully saturated rings. The third-order valence-corrected chi connectivity index (χ3v) is 8.47. The number of carbonyl (C=O) groups is 1. The zero-order valence-corrected chi connectivity index (χ0v) is 20.1. The van der Waals surface area contributed by atoms with Crippen molar-refractivity contribution in [1.29, 1.82) is 0 Å². The first-order valence-electron chi connectivity index (χ1n) is 11.9. The number of rotatable bonds is 6. The van der Waals surface area contributed by atoms with Gasteiger partial charge in [-0.05, 0) is 86.2 Å². The van der Waals surface area contributed by atoms with E-state index in [4.69, 9.17) is 0 Å². The second-order valence-corrected chi connectivity index (χ2v) is 10.9. The number of hydrogen-bond donors (Lipinski definition) is 2. The maximum atomic E-state index is 12.4. The Kier molecular flexibility index (Phi) is 7.15. The summed E-state index contributed by atoms with van der Waals surface area (Å²) in [6.45, 7) is 16.1. The molecule has 2 aliphatic carbocycles. The molecular weight excluding hydrogens is 382 g/mol. The van der Waals surface area contributed by atoms with Crippen molar-refractivity contribution in [3.8, 4) is 0 Å². The fourth-order valence-corrected chi connectivity index (χ4v) is 6.41. The van der Waals surface area contributed by atoms with Crippen LogP contribution >= 0.6 is 0 Å². The van der Waals surface area contributed by atoms with E-state index in [1.165, 1.54) is 11.1 Å². The zero-order valence-electron chi connectivity index (χ0n) is 20.1. The summed E-state index contributed by atoms with van der Waals surface area (Å²) in [5.41, 5.74) is 4.97. The summed E-state index contributed by atoms with van der Waals surface area (Å²) in [7, 11) is 0. The van der Waals surface area contributed by atoms with Crippen molar-refractivity contribution >= 4 is 5.91 Å². The SMILES string of the molecule is C=C1CC[C@@H]2C(C)(C)[C@H](O)CC[C@@]2(C)[C@@H]1CC/C(C)=C/C(=O)NCc1ccccc1C. The van der Waals surface area contributed by atoms with Gasteiger partial charge in [0.1, 0.15) is 0 Å². The molecule has 31 heavy (non-hydrogen) atoms. The third kappa shape index (κ3) is 4.98. The summed E-state index contributed by atoms with van der Waals surface area (Å²) in [6, 6.07) is 8.15. The molecule has 3 heteroatoms. The van der Waals surface area contributed by atoms with Crippen molar-refractivity contribution in [2.45, 2.75) is 85.8 Å². The Balaban J connectivity index is 1.61. The van der Waals surface area contributed by atoms with Gasteiger partial charge >= 0.3 is 0 Å². The molecule has 2 N–H and O–H groups in total. The van der Waals surface area contributed by atoms with Crippen LogP contribution in [-0.4, -0.2) is 17.1 Å². The lowest BCUT2D eigenvalue weighted by atomic mass is 9.46. The van der Waals surface area contributed by atoms with Gasteiger partial charge in [-0.25, -0.2) is 0 Å². The molecule has 3 rings (SSSR count). The van der Waals surface area contributed by atoms with Crippen LogP contribution in [0, 0.1) is 29.6 Å². The van der Waals surface area contributed by atoms with Crippen molar-refractivity contribution < 1.29 is 9.90 Å². The van der Waals surface area contributed by atoms with Gasteiger partial charge in [-0.3, -0.25) is 4.79 Å². The predicted octanol–water partition coefficient (Wildman–Crippen LogP) is 6.11. The minimum atomic E-state index is -0.212. The fourth-order valence-electron chi connectivity index (χ4n) is 6.41. The highest BCUT2D eigenvalue weighted by Gasteiger charge is 2.55. The van der Waals surface area contributed by atoms with Gasteiger partial charge in [0.05, 0.1) is 6.10 Å². The van der Waals surface area contributed by atoms with E-state index in [-0.39, 0.29) is 22.8 Å². The third-order valence-electron chi connectivity index (χ3n) is 8.47. The van der Waals surface area contributed by atoms with E-state index < -0.39 is 0 Å². The van der Waals surface area contributed by atoms with Crippen LogP contribution in [0.4, 0.5) is 0 Å². The van der Waals surface area contributed by atoms with Crippen molar-refractivity contribution in [2.24, 2.45) is 22.7 Å². The molecule has 1 amide bonds. The summed E-state index contributed by atoms with van der Waals surface area (Å²) in [6.07, 6.45) is 7.62. The molecule has 4 atom stereocenters. The number of carbonyl (C=O) groups excluding carboxylic acids is 1. The van der Waals surface area contributed by atoms with Gasteiger partial charge in [0.15, 0.2) is 0 Å². The Morgan fingerprint density at radius 1 is 1.26 bits per heavy atom. The highest BCUT2D eigenvalue weighted by atomic mass is 16.3. The molecule has 0 aliphatic heterocycles. The van der Waals surface area contributed by atoms with Gasteiger partial charge in [-0.1, -0.05) is 62.8 Å². The van der Waals surface area contributed by atoms with Crippen molar-refractivity contribution in [2.75, 3.05) is 0 Å². The molecule has 2 aliphatic rings. The Labute approximate surface area is 189 Å². The maximum absolute atomic E-state index is 12.4. The van der Waals surface area contributed by atoms with E-state index >= 15 is 0 Å². The monoisotopic (exact) mass is 423 g/mol. The second kappa shape index (κ2) is 9.32. The van der Waals surface area contributed by atoms with Crippen LogP contribution in [0.2, 0.25) is 0 Å². The van der Waals surface area contributed by atoms with Crippen LogP contribution in [0.25, 0.3) is 0 Å². The van der Waals surface area contributed by atoms with Gasteiger partial charge in [0.2, 0.25) is 5.91 Å². The van der Waals surface area contributed by atoms with Gasteiger partial charge < -0.3 is 10.4 Å². The summed E-state index contributed by atoms with van der Waals surface area (Å²) in [5.74, 6) is 0.951. The van der Waals surface area contributed by atoms with Crippen molar-refractivity contribution in [3.63, 3.8) is 0 Å². The number of allylic oxidation sites excluding steroid dienone is 2. The van der Waals surface area contributed by atoms with E-state index in [2.05, 4.69) is 58.6 Å². The van der Waals surface area contributed by atoms with E-state index in [1.54, 1.807) is 6.08 Å². The normalized spacial score (nSPS) is 30.6. The number of aliphatic hydroxyl groups excluding tert-OH is 1. The van der Waals surface area contributed by atoms with Crippen LogP contribution in [0.1, 0.15) is 77.3 Å². The lowest BCUT2D eigenvalue weighted by molar-refractivity contribution is -0.124. The van der Waals surface area contributed by atoms with E-state index in [0.29, 0.717) is 18.4 Å². The number of benzene rings is 1. The fraction of sp³-hybridized carbons (Fsp3) is 0.607. The molecule has 0 radical (unpaired) electrons. The number of fused-ring (bicyclic) bond motifs is 1. The van der Waals surface area contributed by atoms with Gasteiger partial charge in [-0.2, -0.15) is 0 Å². The Morgan fingerprint density at radius 2 is 1.97 bits per heavy atom. The highest BCUT2D eigenvalue weighted by molar-refractivity contribution is 5.88. The molecule has 2 saturated carbocycles. The average molecular weight is 424 g/mol. The summed E-state index contributed by atoms with van der Waals surface area (Å²) in [4.78, 5) is 12.4. The molecular formula is C28H41NO2. The minimum Gasteiger partial charge on any atom is -0.393 e. The maximum Gasteiger partial charge on any atom is 0.244 e. The topological polar surface area (TPSA) is 49.3 Å². The molecule has 0 saturated heterocycles. The molecule has 3 nitrogen and oxygen atoms in total. The number of hydrogen-bond acceptors (Lipinski definition) is 2. The predicted molar refractivity (Wildman–Crippen MR) is 128 cm³/mol. The molecule has 0 heterocycles. The smallest absolute Gasteiger partial charge is 0.244 e. The molecule has 0 spiro atoms. The number of aliphatic hydroxyl groups is 1. The zero-order chi connectivity index (χ0) is 22.8. The first-order chi connectivity index (χ1) is 14.6. The lowest BCUT2D eigenvalue weighted by Gasteiger charge is -2.59. The van der Waals surface area contributed by atoms with Gasteiger partial charge in [-0.15, -0.1) is 0 Å². The van der Waals surface area contributed by atoms with Crippen LogP contribution in [-0.2, 0) is 11.3 Å². The molecule has 0 bridgehead atoms. The van der Waals surface area contributed by atoms with Crippen molar-refractivity contribution in [3.05, 3.63) is 59.2 Å². The first kappa shape index (κ1) is 23.8. The molecule has 1 aromatic rings. The summed E-state index contributed by atoms with van der Waals surface area (Å²) >= 11 is 0. The van der Waals surface area contributed by atoms with Gasteiger partial charge in [0, 0.05) is 12.6 Å². The number of amides is 1. The number of nitrogens with one attached hydrogen (secondary N) is 1. The average Bonchev–Trinajstić information content (AvgIpc) is 2.70. The quantitative estimate of drug-likeness (QED) is 0.428. The van der Waals surface area contributed by atoms with Gasteiger partial charge in [0.25, 0.3) is 0 Å². The first-order valence-corrected chi connectivity index (χ1v) is 11.9. The Bertz CT molecular complexity index is 852. The van der Waals surface area contributed by atoms with Crippen molar-refractivity contribution in [1.82, 2.24) is 5.32 Å². The molecule has 0 aromatic heterocycles. The minimum absolute atomic E-state index is 0.0192. The van der Waals surface area contributed by atoms with Crippen LogP contribution in [0.15, 0.2) is 48.1 Å². The molecule has 1 aromatic carbocycles. The summed E-state index contributed by atoms with van der Waals surface area (Å²) in [5, 5.41) is 13.7. The highest BCUT2D eigenvalue weighted by Crippen LogP contribution is 2.61. The van der Waals surface area contributed by atoms with E-state index in [0.717, 1.165) is 49.7 Å². The Hall–Kier alpha value is -1.87.